The van der Waals surface area contributed by atoms with Gasteiger partial charge in [-0.2, -0.15) is 0 Å². The van der Waals surface area contributed by atoms with Crippen molar-refractivity contribution in [3.05, 3.63) is 59.2 Å². The van der Waals surface area contributed by atoms with Gasteiger partial charge in [-0.1, -0.05) is 56.3 Å². The van der Waals surface area contributed by atoms with Crippen LogP contribution in [0.4, 0.5) is 0 Å². The molecular weight excluding hydrogens is 316 g/mol. The molecule has 0 fully saturated rings. The van der Waals surface area contributed by atoms with Gasteiger partial charge in [0, 0.05) is 5.41 Å². The summed E-state index contributed by atoms with van der Waals surface area (Å²) in [5.74, 6) is -0.511. The Balaban J connectivity index is 1.90. The van der Waals surface area contributed by atoms with Crippen LogP contribution < -0.4 is 0 Å². The van der Waals surface area contributed by atoms with E-state index >= 15 is 0 Å². The molecule has 0 aliphatic heterocycles. The second-order valence-electron chi connectivity index (χ2n) is 7.00. The molecule has 25 heavy (non-hydrogen) atoms. The lowest BCUT2D eigenvalue weighted by molar-refractivity contribution is -0.147. The van der Waals surface area contributed by atoms with Crippen molar-refractivity contribution in [2.75, 3.05) is 6.61 Å². The molecule has 0 bridgehead atoms. The minimum absolute atomic E-state index is 0.173. The Labute approximate surface area is 148 Å². The number of fused-ring (bicyclic) bond motifs is 3. The summed E-state index contributed by atoms with van der Waals surface area (Å²) < 4.78 is 4.84. The Morgan fingerprint density at radius 1 is 1.08 bits per heavy atom. The molecule has 0 aromatic heterocycles. The number of carbonyl (C=O) groups excluding carboxylic acids is 1. The highest BCUT2D eigenvalue weighted by atomic mass is 16.5. The van der Waals surface area contributed by atoms with Crippen molar-refractivity contribution in [3.8, 4) is 11.1 Å². The fourth-order valence-electron chi connectivity index (χ4n) is 3.63. The van der Waals surface area contributed by atoms with Gasteiger partial charge in [0.2, 0.25) is 0 Å². The number of benzene rings is 2. The number of rotatable bonds is 5. The van der Waals surface area contributed by atoms with Crippen molar-refractivity contribution < 1.29 is 19.7 Å². The summed E-state index contributed by atoms with van der Waals surface area (Å²) in [6, 6.07) is 14.0. The van der Waals surface area contributed by atoms with Crippen LogP contribution in [0.15, 0.2) is 42.5 Å². The molecule has 2 atom stereocenters. The second kappa shape index (κ2) is 6.62. The van der Waals surface area contributed by atoms with E-state index in [2.05, 4.69) is 26.0 Å². The quantitative estimate of drug-likeness (QED) is 0.819. The third-order valence-corrected chi connectivity index (χ3v) is 4.99. The highest BCUT2D eigenvalue weighted by Gasteiger charge is 2.36. The minimum atomic E-state index is -1.19. The second-order valence-corrected chi connectivity index (χ2v) is 7.00. The minimum Gasteiger partial charge on any atom is -0.466 e. The maximum Gasteiger partial charge on any atom is 0.308 e. The van der Waals surface area contributed by atoms with E-state index in [0.29, 0.717) is 5.56 Å². The first kappa shape index (κ1) is 17.6. The molecule has 2 aromatic carbocycles. The van der Waals surface area contributed by atoms with Gasteiger partial charge in [0.05, 0.1) is 19.1 Å². The summed E-state index contributed by atoms with van der Waals surface area (Å²) >= 11 is 0. The number of aliphatic hydroxyl groups excluding tert-OH is 2. The van der Waals surface area contributed by atoms with Crippen LogP contribution in [-0.4, -0.2) is 28.9 Å². The van der Waals surface area contributed by atoms with Crippen molar-refractivity contribution in [1.29, 1.82) is 0 Å². The Morgan fingerprint density at radius 3 is 2.48 bits per heavy atom. The van der Waals surface area contributed by atoms with Crippen molar-refractivity contribution in [3.63, 3.8) is 0 Å². The molecule has 0 radical (unpaired) electrons. The van der Waals surface area contributed by atoms with E-state index in [0.717, 1.165) is 11.1 Å². The molecule has 0 amide bonds. The predicted octanol–water partition coefficient (Wildman–Crippen LogP) is 3.34. The molecule has 4 nitrogen and oxygen atoms in total. The van der Waals surface area contributed by atoms with E-state index in [-0.39, 0.29) is 18.4 Å². The normalized spacial score (nSPS) is 16.7. The predicted molar refractivity (Wildman–Crippen MR) is 96.2 cm³/mol. The third-order valence-electron chi connectivity index (χ3n) is 4.99. The maximum absolute atomic E-state index is 11.5. The summed E-state index contributed by atoms with van der Waals surface area (Å²) in [4.78, 5) is 11.5. The molecule has 0 saturated heterocycles. The standard InChI is InChI=1S/C21H24O4/c1-4-25-19(23)12-18(22)20(24)13-9-10-15-14-7-5-6-8-16(14)21(2,3)17(15)11-13/h5-11,18,20,22,24H,4,12H2,1-3H3. The molecule has 0 spiro atoms. The van der Waals surface area contributed by atoms with Gasteiger partial charge in [0.1, 0.15) is 6.10 Å². The number of aliphatic hydroxyl groups is 2. The van der Waals surface area contributed by atoms with Crippen LogP contribution in [0.5, 0.6) is 0 Å². The molecule has 0 heterocycles. The average Bonchev–Trinajstić information content (AvgIpc) is 2.82. The molecule has 1 aliphatic carbocycles. The molecule has 0 saturated carbocycles. The molecule has 2 unspecified atom stereocenters. The molecule has 4 heteroatoms. The van der Waals surface area contributed by atoms with Gasteiger partial charge in [-0.05, 0) is 34.7 Å². The lowest BCUT2D eigenvalue weighted by atomic mass is 9.81. The van der Waals surface area contributed by atoms with Gasteiger partial charge < -0.3 is 14.9 Å². The first-order valence-electron chi connectivity index (χ1n) is 8.62. The lowest BCUT2D eigenvalue weighted by Crippen LogP contribution is -2.23. The molecule has 2 aromatic rings. The zero-order valence-corrected chi connectivity index (χ0v) is 14.8. The van der Waals surface area contributed by atoms with Crippen LogP contribution in [0.25, 0.3) is 11.1 Å². The number of ether oxygens (including phenoxy) is 1. The first-order valence-corrected chi connectivity index (χ1v) is 8.62. The highest BCUT2D eigenvalue weighted by molar-refractivity contribution is 5.81. The highest BCUT2D eigenvalue weighted by Crippen LogP contribution is 2.49. The Hall–Kier alpha value is -2.17. The third kappa shape index (κ3) is 3.08. The summed E-state index contributed by atoms with van der Waals surface area (Å²) in [5, 5.41) is 20.6. The Kier molecular flexibility index (Phi) is 4.67. The molecule has 3 rings (SSSR count). The summed E-state index contributed by atoms with van der Waals surface area (Å²) in [6.45, 7) is 6.28. The van der Waals surface area contributed by atoms with Crippen LogP contribution in [-0.2, 0) is 14.9 Å². The van der Waals surface area contributed by atoms with Gasteiger partial charge in [0.15, 0.2) is 0 Å². The van der Waals surface area contributed by atoms with E-state index < -0.39 is 18.2 Å². The van der Waals surface area contributed by atoms with Crippen molar-refractivity contribution in [2.45, 2.75) is 44.8 Å². The topological polar surface area (TPSA) is 66.8 Å². The zero-order chi connectivity index (χ0) is 18.2. The largest absolute Gasteiger partial charge is 0.466 e. The summed E-state index contributed by atoms with van der Waals surface area (Å²) in [6.07, 6.45) is -2.55. The number of hydrogen-bond donors (Lipinski definition) is 2. The van der Waals surface area contributed by atoms with Crippen LogP contribution in [0.1, 0.15) is 50.0 Å². The summed E-state index contributed by atoms with van der Waals surface area (Å²) in [7, 11) is 0. The Morgan fingerprint density at radius 2 is 1.76 bits per heavy atom. The molecular formula is C21H24O4. The van der Waals surface area contributed by atoms with E-state index in [1.807, 2.05) is 30.3 Å². The summed E-state index contributed by atoms with van der Waals surface area (Å²) in [5.41, 5.74) is 5.16. The monoisotopic (exact) mass is 340 g/mol. The van der Waals surface area contributed by atoms with Crippen LogP contribution in [0.3, 0.4) is 0 Å². The van der Waals surface area contributed by atoms with Crippen LogP contribution in [0.2, 0.25) is 0 Å². The number of esters is 1. The van der Waals surface area contributed by atoms with Gasteiger partial charge >= 0.3 is 5.97 Å². The van der Waals surface area contributed by atoms with Crippen molar-refractivity contribution in [2.24, 2.45) is 0 Å². The van der Waals surface area contributed by atoms with Crippen molar-refractivity contribution >= 4 is 5.97 Å². The fourth-order valence-corrected chi connectivity index (χ4v) is 3.63. The molecule has 2 N–H and O–H groups in total. The average molecular weight is 340 g/mol. The molecule has 1 aliphatic rings. The van der Waals surface area contributed by atoms with Crippen LogP contribution in [0, 0.1) is 0 Å². The van der Waals surface area contributed by atoms with Gasteiger partial charge in [-0.25, -0.2) is 0 Å². The first-order chi connectivity index (χ1) is 11.9. The lowest BCUT2D eigenvalue weighted by Gasteiger charge is -2.23. The zero-order valence-electron chi connectivity index (χ0n) is 14.8. The van der Waals surface area contributed by atoms with E-state index in [1.165, 1.54) is 11.1 Å². The maximum atomic E-state index is 11.5. The smallest absolute Gasteiger partial charge is 0.308 e. The number of carbonyl (C=O) groups is 1. The van der Waals surface area contributed by atoms with Crippen LogP contribution >= 0.6 is 0 Å². The van der Waals surface area contributed by atoms with Crippen molar-refractivity contribution in [1.82, 2.24) is 0 Å². The fraction of sp³-hybridized carbons (Fsp3) is 0.381. The van der Waals surface area contributed by atoms with E-state index in [9.17, 15) is 15.0 Å². The SMILES string of the molecule is CCOC(=O)CC(O)C(O)c1ccc2c(c1)C(C)(C)c1ccccc1-2. The van der Waals surface area contributed by atoms with Gasteiger partial charge in [-0.3, -0.25) is 4.79 Å². The molecule has 132 valence electrons. The van der Waals surface area contributed by atoms with E-state index in [1.54, 1.807) is 6.92 Å². The van der Waals surface area contributed by atoms with E-state index in [4.69, 9.17) is 4.74 Å². The number of hydrogen-bond acceptors (Lipinski definition) is 4. The Bertz CT molecular complexity index is 794. The van der Waals surface area contributed by atoms with Gasteiger partial charge in [-0.15, -0.1) is 0 Å². The van der Waals surface area contributed by atoms with Gasteiger partial charge in [0.25, 0.3) is 0 Å².